The summed E-state index contributed by atoms with van der Waals surface area (Å²) in [6, 6.07) is 19.6. The second kappa shape index (κ2) is 8.35. The molecule has 0 N–H and O–H groups in total. The lowest BCUT2D eigenvalue weighted by Gasteiger charge is -2.05. The maximum atomic E-state index is 11.2. The first kappa shape index (κ1) is 20.1. The molecule has 160 valence electrons. The van der Waals surface area contributed by atoms with Crippen molar-refractivity contribution in [2.24, 2.45) is 0 Å². The lowest BCUT2D eigenvalue weighted by atomic mass is 10.1. The molecular weight excluding hydrogens is 402 g/mol. The molecule has 0 aliphatic carbocycles. The van der Waals surface area contributed by atoms with Crippen LogP contribution in [0.1, 0.15) is 32.4 Å². The summed E-state index contributed by atoms with van der Waals surface area (Å²) in [7, 11) is 0. The van der Waals surface area contributed by atoms with Gasteiger partial charge in [0.25, 0.3) is 0 Å². The molecule has 0 saturated heterocycles. The molecule has 0 aliphatic rings. The van der Waals surface area contributed by atoms with Crippen molar-refractivity contribution in [2.45, 2.75) is 33.1 Å². The Labute approximate surface area is 185 Å². The van der Waals surface area contributed by atoms with Gasteiger partial charge in [-0.2, -0.15) is 0 Å². The molecule has 0 bridgehead atoms. The van der Waals surface area contributed by atoms with Crippen LogP contribution in [0.25, 0.3) is 44.5 Å². The summed E-state index contributed by atoms with van der Waals surface area (Å²) >= 11 is 0. The first-order chi connectivity index (χ1) is 15.6. The van der Waals surface area contributed by atoms with E-state index < -0.39 is 0 Å². The van der Waals surface area contributed by atoms with Gasteiger partial charge in [0.05, 0.1) is 11.8 Å². The standard InChI is InChI=1S/C27H23NO4/c1-3-4-8-24-26(22-7-5-6-9-23(22)31-24)27-28-16-25(32-27)20-11-10-19-15-21(30-17(2)29)13-12-18(19)14-20/h5-7,9-16H,3-4,8H2,1-2H3. The van der Waals surface area contributed by atoms with Crippen LogP contribution < -0.4 is 4.74 Å². The van der Waals surface area contributed by atoms with Crippen LogP contribution in [0, 0.1) is 0 Å². The molecular formula is C27H23NO4. The number of hydrogen-bond donors (Lipinski definition) is 0. The zero-order chi connectivity index (χ0) is 22.1. The number of benzene rings is 3. The molecule has 3 aromatic carbocycles. The Morgan fingerprint density at radius 3 is 2.66 bits per heavy atom. The second-order valence-corrected chi connectivity index (χ2v) is 7.85. The predicted molar refractivity (Wildman–Crippen MR) is 125 cm³/mol. The van der Waals surface area contributed by atoms with Crippen molar-refractivity contribution < 1.29 is 18.4 Å². The van der Waals surface area contributed by atoms with Gasteiger partial charge in [0.15, 0.2) is 5.76 Å². The van der Waals surface area contributed by atoms with Gasteiger partial charge in [-0.15, -0.1) is 0 Å². The van der Waals surface area contributed by atoms with Crippen LogP contribution in [0.3, 0.4) is 0 Å². The summed E-state index contributed by atoms with van der Waals surface area (Å²) in [6.07, 6.45) is 4.73. The Hall–Kier alpha value is -3.86. The number of para-hydroxylation sites is 1. The summed E-state index contributed by atoms with van der Waals surface area (Å²) in [4.78, 5) is 15.8. The van der Waals surface area contributed by atoms with E-state index in [-0.39, 0.29) is 5.97 Å². The van der Waals surface area contributed by atoms with E-state index in [0.29, 0.717) is 17.4 Å². The SMILES string of the molecule is CCCCc1oc2ccccc2c1-c1ncc(-c2ccc3cc(OC(C)=O)ccc3c2)o1. The van der Waals surface area contributed by atoms with Gasteiger partial charge in [-0.1, -0.05) is 49.7 Å². The Balaban J connectivity index is 1.52. The highest BCUT2D eigenvalue weighted by atomic mass is 16.5. The fourth-order valence-electron chi connectivity index (χ4n) is 3.97. The molecule has 5 aromatic rings. The predicted octanol–water partition coefficient (Wildman–Crippen LogP) is 7.18. The van der Waals surface area contributed by atoms with Crippen LogP contribution >= 0.6 is 0 Å². The van der Waals surface area contributed by atoms with Crippen molar-refractivity contribution in [2.75, 3.05) is 0 Å². The van der Waals surface area contributed by atoms with Gasteiger partial charge < -0.3 is 13.6 Å². The topological polar surface area (TPSA) is 65.5 Å². The number of furan rings is 1. The summed E-state index contributed by atoms with van der Waals surface area (Å²) in [5, 5.41) is 3.02. The number of hydrogen-bond acceptors (Lipinski definition) is 5. The molecule has 5 nitrogen and oxygen atoms in total. The van der Waals surface area contributed by atoms with Crippen molar-refractivity contribution >= 4 is 27.7 Å². The summed E-state index contributed by atoms with van der Waals surface area (Å²) < 4.78 is 17.5. The monoisotopic (exact) mass is 425 g/mol. The maximum Gasteiger partial charge on any atom is 0.308 e. The lowest BCUT2D eigenvalue weighted by molar-refractivity contribution is -0.131. The van der Waals surface area contributed by atoms with Crippen molar-refractivity contribution in [3.63, 3.8) is 0 Å². The third-order valence-corrected chi connectivity index (χ3v) is 5.50. The van der Waals surface area contributed by atoms with E-state index in [9.17, 15) is 4.79 Å². The number of unbranched alkanes of at least 4 members (excludes halogenated alkanes) is 1. The number of aromatic nitrogens is 1. The van der Waals surface area contributed by atoms with Gasteiger partial charge in [0.2, 0.25) is 5.89 Å². The van der Waals surface area contributed by atoms with Gasteiger partial charge in [-0.3, -0.25) is 4.79 Å². The molecule has 0 unspecified atom stereocenters. The number of aryl methyl sites for hydroxylation is 1. The van der Waals surface area contributed by atoms with E-state index in [4.69, 9.17) is 13.6 Å². The van der Waals surface area contributed by atoms with Crippen LogP contribution in [0.5, 0.6) is 5.75 Å². The number of nitrogens with zero attached hydrogens (tertiary/aromatic N) is 1. The van der Waals surface area contributed by atoms with Gasteiger partial charge in [-0.05, 0) is 41.5 Å². The quantitative estimate of drug-likeness (QED) is 0.213. The molecule has 0 atom stereocenters. The third-order valence-electron chi connectivity index (χ3n) is 5.50. The number of rotatable bonds is 6. The molecule has 0 amide bonds. The largest absolute Gasteiger partial charge is 0.460 e. The minimum Gasteiger partial charge on any atom is -0.460 e. The van der Waals surface area contributed by atoms with Crippen LogP contribution in [0.15, 0.2) is 75.7 Å². The van der Waals surface area contributed by atoms with Crippen molar-refractivity contribution in [3.05, 3.63) is 72.6 Å². The van der Waals surface area contributed by atoms with E-state index in [1.54, 1.807) is 12.3 Å². The molecule has 5 heteroatoms. The number of esters is 1. The molecule has 0 radical (unpaired) electrons. The lowest BCUT2D eigenvalue weighted by Crippen LogP contribution is -2.00. The summed E-state index contributed by atoms with van der Waals surface area (Å²) in [5.74, 6) is 2.38. The second-order valence-electron chi connectivity index (χ2n) is 7.85. The van der Waals surface area contributed by atoms with Gasteiger partial charge in [0, 0.05) is 24.3 Å². The van der Waals surface area contributed by atoms with E-state index in [2.05, 4.69) is 11.9 Å². The fraction of sp³-hybridized carbons (Fsp3) is 0.185. The number of ether oxygens (including phenoxy) is 1. The normalized spacial score (nSPS) is 11.3. The Kier molecular flexibility index (Phi) is 5.23. The minimum absolute atomic E-state index is 0.333. The van der Waals surface area contributed by atoms with E-state index in [1.807, 2.05) is 54.6 Å². The van der Waals surface area contributed by atoms with Crippen molar-refractivity contribution in [3.8, 4) is 28.5 Å². The molecule has 5 rings (SSSR count). The van der Waals surface area contributed by atoms with E-state index >= 15 is 0 Å². The third kappa shape index (κ3) is 3.78. The smallest absolute Gasteiger partial charge is 0.308 e. The molecule has 0 saturated carbocycles. The molecule has 2 heterocycles. The first-order valence-electron chi connectivity index (χ1n) is 10.8. The van der Waals surface area contributed by atoms with Crippen LogP contribution in [0.2, 0.25) is 0 Å². The molecule has 32 heavy (non-hydrogen) atoms. The maximum absolute atomic E-state index is 11.2. The number of carbonyl (C=O) groups excluding carboxylic acids is 1. The highest BCUT2D eigenvalue weighted by Crippen LogP contribution is 2.37. The highest BCUT2D eigenvalue weighted by molar-refractivity contribution is 5.94. The fourth-order valence-corrected chi connectivity index (χ4v) is 3.97. The zero-order valence-electron chi connectivity index (χ0n) is 18.1. The van der Waals surface area contributed by atoms with Crippen LogP contribution in [0.4, 0.5) is 0 Å². The van der Waals surface area contributed by atoms with Gasteiger partial charge >= 0.3 is 5.97 Å². The number of oxazole rings is 1. The molecule has 0 fully saturated rings. The first-order valence-corrected chi connectivity index (χ1v) is 10.8. The van der Waals surface area contributed by atoms with E-state index in [1.165, 1.54) is 6.92 Å². The average molecular weight is 425 g/mol. The van der Waals surface area contributed by atoms with Gasteiger partial charge in [0.1, 0.15) is 17.1 Å². The Bertz CT molecular complexity index is 1430. The van der Waals surface area contributed by atoms with Gasteiger partial charge in [-0.25, -0.2) is 4.98 Å². The summed E-state index contributed by atoms with van der Waals surface area (Å²) in [5.41, 5.74) is 2.72. The van der Waals surface area contributed by atoms with Crippen molar-refractivity contribution in [1.29, 1.82) is 0 Å². The molecule has 2 aromatic heterocycles. The molecule has 0 aliphatic heterocycles. The van der Waals surface area contributed by atoms with Crippen LogP contribution in [-0.2, 0) is 11.2 Å². The number of carbonyl (C=O) groups is 1. The molecule has 0 spiro atoms. The minimum atomic E-state index is -0.333. The Morgan fingerprint density at radius 2 is 1.81 bits per heavy atom. The van der Waals surface area contributed by atoms with E-state index in [0.717, 1.165) is 57.9 Å². The summed E-state index contributed by atoms with van der Waals surface area (Å²) in [6.45, 7) is 3.56. The Morgan fingerprint density at radius 1 is 1.00 bits per heavy atom. The highest BCUT2D eigenvalue weighted by Gasteiger charge is 2.20. The van der Waals surface area contributed by atoms with Crippen molar-refractivity contribution in [1.82, 2.24) is 4.98 Å². The van der Waals surface area contributed by atoms with Crippen LogP contribution in [-0.4, -0.2) is 11.0 Å². The number of fused-ring (bicyclic) bond motifs is 2. The average Bonchev–Trinajstić information content (AvgIpc) is 3.41. The zero-order valence-corrected chi connectivity index (χ0v) is 18.1.